The summed E-state index contributed by atoms with van der Waals surface area (Å²) in [5.74, 6) is -0.998. The van der Waals surface area contributed by atoms with Crippen LogP contribution >= 0.6 is 27.3 Å². The highest BCUT2D eigenvalue weighted by Gasteiger charge is 2.15. The largest absolute Gasteiger partial charge is 0.481 e. The molecule has 0 fully saturated rings. The molecule has 1 heterocycles. The van der Waals surface area contributed by atoms with Crippen molar-refractivity contribution in [2.24, 2.45) is 0 Å². The van der Waals surface area contributed by atoms with Crippen LogP contribution in [0.25, 0.3) is 10.6 Å². The van der Waals surface area contributed by atoms with E-state index < -0.39 is 5.97 Å². The van der Waals surface area contributed by atoms with E-state index in [0.29, 0.717) is 12.2 Å². The molecule has 1 amide bonds. The van der Waals surface area contributed by atoms with Gasteiger partial charge in [-0.3, -0.25) is 9.59 Å². The van der Waals surface area contributed by atoms with Crippen LogP contribution in [0.5, 0.6) is 0 Å². The molecule has 0 saturated heterocycles. The van der Waals surface area contributed by atoms with Gasteiger partial charge in [0.15, 0.2) is 0 Å². The Labute approximate surface area is 147 Å². The summed E-state index contributed by atoms with van der Waals surface area (Å²) in [7, 11) is 0. The van der Waals surface area contributed by atoms with Crippen molar-refractivity contribution in [2.45, 2.75) is 19.8 Å². The van der Waals surface area contributed by atoms with Gasteiger partial charge in [-0.25, -0.2) is 4.98 Å². The number of likely N-dealkylation sites (N-methyl/N-ethyl adjacent to an activating group) is 1. The number of carboxylic acid groups (broad SMARTS) is 1. The van der Waals surface area contributed by atoms with E-state index in [1.807, 2.05) is 36.6 Å². The van der Waals surface area contributed by atoms with Crippen molar-refractivity contribution in [3.05, 3.63) is 39.8 Å². The van der Waals surface area contributed by atoms with Crippen LogP contribution in [0.2, 0.25) is 0 Å². The van der Waals surface area contributed by atoms with Crippen LogP contribution in [0.4, 0.5) is 0 Å². The number of hydrogen-bond donors (Lipinski definition) is 1. The second-order valence-electron chi connectivity index (χ2n) is 4.95. The third-order valence-corrected chi connectivity index (χ3v) is 4.72. The first-order valence-electron chi connectivity index (χ1n) is 7.19. The monoisotopic (exact) mass is 396 g/mol. The molecule has 0 radical (unpaired) electrons. The van der Waals surface area contributed by atoms with Gasteiger partial charge in [0.1, 0.15) is 5.01 Å². The molecule has 2 rings (SSSR count). The van der Waals surface area contributed by atoms with E-state index in [1.54, 1.807) is 4.90 Å². The van der Waals surface area contributed by atoms with E-state index in [2.05, 4.69) is 20.9 Å². The number of rotatable bonds is 7. The first kappa shape index (κ1) is 17.6. The van der Waals surface area contributed by atoms with Crippen LogP contribution in [0.3, 0.4) is 0 Å². The molecule has 1 aromatic carbocycles. The van der Waals surface area contributed by atoms with E-state index in [1.165, 1.54) is 11.3 Å². The van der Waals surface area contributed by atoms with Gasteiger partial charge in [0, 0.05) is 28.5 Å². The maximum atomic E-state index is 12.2. The van der Waals surface area contributed by atoms with Gasteiger partial charge >= 0.3 is 5.97 Å². The number of amides is 1. The molecule has 1 N–H and O–H groups in total. The number of aliphatic carboxylic acids is 1. The predicted molar refractivity (Wildman–Crippen MR) is 93.5 cm³/mol. The Balaban J connectivity index is 2.03. The van der Waals surface area contributed by atoms with Crippen molar-refractivity contribution in [3.63, 3.8) is 0 Å². The Morgan fingerprint density at radius 2 is 2.17 bits per heavy atom. The number of benzene rings is 1. The number of carbonyl (C=O) groups excluding carboxylic acids is 1. The fourth-order valence-electron chi connectivity index (χ4n) is 2.10. The van der Waals surface area contributed by atoms with Crippen molar-refractivity contribution >= 4 is 39.1 Å². The maximum absolute atomic E-state index is 12.2. The lowest BCUT2D eigenvalue weighted by molar-refractivity contribution is -0.138. The van der Waals surface area contributed by atoms with Crippen LogP contribution < -0.4 is 0 Å². The molecule has 0 spiro atoms. The first-order chi connectivity index (χ1) is 11.0. The van der Waals surface area contributed by atoms with Crippen molar-refractivity contribution in [3.8, 4) is 10.6 Å². The topological polar surface area (TPSA) is 70.5 Å². The van der Waals surface area contributed by atoms with Crippen LogP contribution in [0, 0.1) is 0 Å². The van der Waals surface area contributed by atoms with Gasteiger partial charge in [-0.05, 0) is 19.1 Å². The molecule has 0 aliphatic heterocycles. The van der Waals surface area contributed by atoms with Crippen LogP contribution in [0.1, 0.15) is 19.0 Å². The quantitative estimate of drug-likeness (QED) is 0.777. The second-order valence-corrected chi connectivity index (χ2v) is 6.72. The molecule has 2 aromatic rings. The molecule has 5 nitrogen and oxygen atoms in total. The zero-order valence-electron chi connectivity index (χ0n) is 12.7. The fraction of sp³-hybridized carbons (Fsp3) is 0.312. The number of aromatic nitrogens is 1. The average Bonchev–Trinajstić information content (AvgIpc) is 2.96. The third-order valence-electron chi connectivity index (χ3n) is 3.29. The average molecular weight is 397 g/mol. The van der Waals surface area contributed by atoms with E-state index in [0.717, 1.165) is 15.0 Å². The highest BCUT2D eigenvalue weighted by Crippen LogP contribution is 2.26. The molecule has 0 saturated carbocycles. The van der Waals surface area contributed by atoms with Crippen molar-refractivity contribution in [2.75, 3.05) is 13.1 Å². The molecule has 1 aromatic heterocycles. The summed E-state index contributed by atoms with van der Waals surface area (Å²) in [6.07, 6.45) is 0.151. The third kappa shape index (κ3) is 5.14. The Morgan fingerprint density at radius 3 is 2.83 bits per heavy atom. The summed E-state index contributed by atoms with van der Waals surface area (Å²) >= 11 is 4.93. The number of thiazole rings is 1. The summed E-state index contributed by atoms with van der Waals surface area (Å²) in [6.45, 7) is 2.57. The minimum absolute atomic E-state index is 0.0417. The number of carbonyl (C=O) groups is 2. The normalized spacial score (nSPS) is 10.5. The van der Waals surface area contributed by atoms with E-state index in [-0.39, 0.29) is 25.3 Å². The second kappa shape index (κ2) is 8.21. The zero-order chi connectivity index (χ0) is 16.8. The van der Waals surface area contributed by atoms with Crippen LogP contribution in [-0.4, -0.2) is 40.0 Å². The van der Waals surface area contributed by atoms with Crippen molar-refractivity contribution in [1.82, 2.24) is 9.88 Å². The van der Waals surface area contributed by atoms with Gasteiger partial charge in [0.25, 0.3) is 0 Å². The lowest BCUT2D eigenvalue weighted by Crippen LogP contribution is -2.34. The van der Waals surface area contributed by atoms with Gasteiger partial charge in [0.2, 0.25) is 5.91 Å². The van der Waals surface area contributed by atoms with Crippen molar-refractivity contribution < 1.29 is 14.7 Å². The van der Waals surface area contributed by atoms with Crippen molar-refractivity contribution in [1.29, 1.82) is 0 Å². The standard InChI is InChI=1S/C16H17BrN2O3S/c1-2-19(7-6-15(21)22)14(20)9-13-10-23-16(18-13)11-4-3-5-12(17)8-11/h3-5,8,10H,2,6-7,9H2,1H3,(H,21,22). The summed E-state index contributed by atoms with van der Waals surface area (Å²) in [5.41, 5.74) is 1.71. The number of hydrogen-bond acceptors (Lipinski definition) is 4. The van der Waals surface area contributed by atoms with E-state index >= 15 is 0 Å². The maximum Gasteiger partial charge on any atom is 0.305 e. The molecular weight excluding hydrogens is 380 g/mol. The smallest absolute Gasteiger partial charge is 0.305 e. The van der Waals surface area contributed by atoms with E-state index in [4.69, 9.17) is 5.11 Å². The zero-order valence-corrected chi connectivity index (χ0v) is 15.1. The van der Waals surface area contributed by atoms with Gasteiger partial charge in [0.05, 0.1) is 18.5 Å². The minimum atomic E-state index is -0.901. The molecule has 0 bridgehead atoms. The summed E-state index contributed by atoms with van der Waals surface area (Å²) in [5, 5.41) is 11.5. The lowest BCUT2D eigenvalue weighted by Gasteiger charge is -2.19. The van der Waals surface area contributed by atoms with Crippen LogP contribution in [-0.2, 0) is 16.0 Å². The van der Waals surface area contributed by atoms with Gasteiger partial charge < -0.3 is 10.0 Å². The SMILES string of the molecule is CCN(CCC(=O)O)C(=O)Cc1csc(-c2cccc(Br)c2)n1. The summed E-state index contributed by atoms with van der Waals surface area (Å²) < 4.78 is 0.980. The van der Waals surface area contributed by atoms with Gasteiger partial charge in [-0.2, -0.15) is 0 Å². The van der Waals surface area contributed by atoms with Crippen LogP contribution in [0.15, 0.2) is 34.1 Å². The highest BCUT2D eigenvalue weighted by atomic mass is 79.9. The Kier molecular flexibility index (Phi) is 6.29. The molecule has 0 aliphatic carbocycles. The number of nitrogens with zero attached hydrogens (tertiary/aromatic N) is 2. The van der Waals surface area contributed by atoms with E-state index in [9.17, 15) is 9.59 Å². The Bertz CT molecular complexity index is 702. The van der Waals surface area contributed by atoms with Gasteiger partial charge in [-0.15, -0.1) is 11.3 Å². The lowest BCUT2D eigenvalue weighted by atomic mass is 10.2. The Hall–Kier alpha value is -1.73. The molecule has 122 valence electrons. The number of halogens is 1. The highest BCUT2D eigenvalue weighted by molar-refractivity contribution is 9.10. The molecule has 0 aliphatic rings. The Morgan fingerprint density at radius 1 is 1.39 bits per heavy atom. The van der Waals surface area contributed by atoms with Gasteiger partial charge in [-0.1, -0.05) is 28.1 Å². The predicted octanol–water partition coefficient (Wildman–Crippen LogP) is 3.44. The first-order valence-corrected chi connectivity index (χ1v) is 8.86. The summed E-state index contributed by atoms with van der Waals surface area (Å²) in [4.78, 5) is 28.9. The molecule has 0 unspecified atom stereocenters. The number of carboxylic acids is 1. The molecule has 23 heavy (non-hydrogen) atoms. The molecule has 7 heteroatoms. The fourth-order valence-corrected chi connectivity index (χ4v) is 3.31. The minimum Gasteiger partial charge on any atom is -0.481 e. The molecule has 0 atom stereocenters. The summed E-state index contributed by atoms with van der Waals surface area (Å²) in [6, 6.07) is 7.84. The molecular formula is C16H17BrN2O3S.